The SMILES string of the molecule is CCNC(=NCc1ccc(NCCOC)cc1)N(C)Cc1cccc(F)c1.I. The maximum atomic E-state index is 13.4. The van der Waals surface area contributed by atoms with Crippen LogP contribution in [0, 0.1) is 5.82 Å². The van der Waals surface area contributed by atoms with Crippen molar-refractivity contribution in [3.63, 3.8) is 0 Å². The third kappa shape index (κ3) is 8.43. The Hall–Kier alpha value is -1.87. The number of nitrogens with zero attached hydrogens (tertiary/aromatic N) is 2. The molecular formula is C21H30FIN4O. The molecular weight excluding hydrogens is 470 g/mol. The fourth-order valence-corrected chi connectivity index (χ4v) is 2.65. The second-order valence-electron chi connectivity index (χ2n) is 6.27. The average molecular weight is 500 g/mol. The average Bonchev–Trinajstić information content (AvgIpc) is 2.66. The van der Waals surface area contributed by atoms with Crippen LogP contribution in [0.4, 0.5) is 10.1 Å². The molecule has 0 radical (unpaired) electrons. The highest BCUT2D eigenvalue weighted by Gasteiger charge is 2.07. The van der Waals surface area contributed by atoms with Crippen molar-refractivity contribution in [2.75, 3.05) is 39.2 Å². The second-order valence-corrected chi connectivity index (χ2v) is 6.27. The monoisotopic (exact) mass is 500 g/mol. The van der Waals surface area contributed by atoms with Crippen LogP contribution < -0.4 is 10.6 Å². The topological polar surface area (TPSA) is 48.9 Å². The van der Waals surface area contributed by atoms with Gasteiger partial charge in [0.2, 0.25) is 0 Å². The molecule has 0 unspecified atom stereocenters. The summed E-state index contributed by atoms with van der Waals surface area (Å²) in [6, 6.07) is 14.9. The van der Waals surface area contributed by atoms with Gasteiger partial charge in [0, 0.05) is 39.5 Å². The smallest absolute Gasteiger partial charge is 0.194 e. The number of nitrogens with one attached hydrogen (secondary N) is 2. The molecule has 0 saturated heterocycles. The van der Waals surface area contributed by atoms with Crippen LogP contribution in [0.15, 0.2) is 53.5 Å². The molecule has 7 heteroatoms. The predicted octanol–water partition coefficient (Wildman–Crippen LogP) is 4.10. The Labute approximate surface area is 184 Å². The van der Waals surface area contributed by atoms with E-state index in [0.29, 0.717) is 19.7 Å². The van der Waals surface area contributed by atoms with Crippen LogP contribution >= 0.6 is 24.0 Å². The van der Waals surface area contributed by atoms with Crippen LogP contribution in [-0.2, 0) is 17.8 Å². The molecule has 2 N–H and O–H groups in total. The first kappa shape index (κ1) is 24.2. The minimum atomic E-state index is -0.220. The van der Waals surface area contributed by atoms with Gasteiger partial charge in [-0.2, -0.15) is 0 Å². The summed E-state index contributed by atoms with van der Waals surface area (Å²) in [5.41, 5.74) is 3.10. The summed E-state index contributed by atoms with van der Waals surface area (Å²) < 4.78 is 18.4. The largest absolute Gasteiger partial charge is 0.383 e. The Morgan fingerprint density at radius 2 is 1.89 bits per heavy atom. The molecule has 2 rings (SSSR count). The number of aliphatic imine (C=N–C) groups is 1. The zero-order valence-electron chi connectivity index (χ0n) is 16.7. The Morgan fingerprint density at radius 3 is 2.54 bits per heavy atom. The highest BCUT2D eigenvalue weighted by molar-refractivity contribution is 14.0. The number of methoxy groups -OCH3 is 1. The molecule has 0 atom stereocenters. The standard InChI is InChI=1S/C21H29FN4O.HI/c1-4-23-21(26(2)16-18-6-5-7-19(22)14-18)25-15-17-8-10-20(11-9-17)24-12-13-27-3;/h5-11,14,24H,4,12-13,15-16H2,1-3H3,(H,23,25);1H. The first-order valence-corrected chi connectivity index (χ1v) is 9.18. The van der Waals surface area contributed by atoms with Gasteiger partial charge in [0.1, 0.15) is 5.82 Å². The lowest BCUT2D eigenvalue weighted by Crippen LogP contribution is -2.38. The van der Waals surface area contributed by atoms with Crippen LogP contribution in [-0.4, -0.2) is 44.7 Å². The summed E-state index contributed by atoms with van der Waals surface area (Å²) in [5.74, 6) is 0.575. The summed E-state index contributed by atoms with van der Waals surface area (Å²) in [6.45, 7) is 5.43. The van der Waals surface area contributed by atoms with Gasteiger partial charge in [0.15, 0.2) is 5.96 Å². The van der Waals surface area contributed by atoms with Gasteiger partial charge in [-0.1, -0.05) is 24.3 Å². The summed E-state index contributed by atoms with van der Waals surface area (Å²) >= 11 is 0. The van der Waals surface area contributed by atoms with E-state index in [4.69, 9.17) is 9.73 Å². The second kappa shape index (κ2) is 13.3. The van der Waals surface area contributed by atoms with Gasteiger partial charge in [-0.05, 0) is 42.3 Å². The summed E-state index contributed by atoms with van der Waals surface area (Å²) in [7, 11) is 3.64. The third-order valence-electron chi connectivity index (χ3n) is 4.01. The first-order valence-electron chi connectivity index (χ1n) is 9.18. The number of hydrogen-bond acceptors (Lipinski definition) is 3. The highest BCUT2D eigenvalue weighted by Crippen LogP contribution is 2.11. The maximum absolute atomic E-state index is 13.4. The van der Waals surface area contributed by atoms with Crippen molar-refractivity contribution in [2.45, 2.75) is 20.0 Å². The van der Waals surface area contributed by atoms with Crippen LogP contribution in [0.1, 0.15) is 18.1 Å². The number of benzene rings is 2. The number of halogens is 2. The van der Waals surface area contributed by atoms with Crippen molar-refractivity contribution >= 4 is 35.6 Å². The van der Waals surface area contributed by atoms with Crippen LogP contribution in [0.25, 0.3) is 0 Å². The Balaban J connectivity index is 0.00000392. The van der Waals surface area contributed by atoms with E-state index in [0.717, 1.165) is 35.9 Å². The lowest BCUT2D eigenvalue weighted by atomic mass is 10.2. The van der Waals surface area contributed by atoms with Crippen molar-refractivity contribution in [2.24, 2.45) is 4.99 Å². The van der Waals surface area contributed by atoms with Crippen molar-refractivity contribution in [1.29, 1.82) is 0 Å². The lowest BCUT2D eigenvalue weighted by Gasteiger charge is -2.22. The Bertz CT molecular complexity index is 725. The lowest BCUT2D eigenvalue weighted by molar-refractivity contribution is 0.211. The van der Waals surface area contributed by atoms with E-state index in [2.05, 4.69) is 22.8 Å². The van der Waals surface area contributed by atoms with Gasteiger partial charge in [-0.25, -0.2) is 9.38 Å². The fraction of sp³-hybridized carbons (Fsp3) is 0.381. The molecule has 0 heterocycles. The predicted molar refractivity (Wildman–Crippen MR) is 125 cm³/mol. The van der Waals surface area contributed by atoms with E-state index in [9.17, 15) is 4.39 Å². The van der Waals surface area contributed by atoms with E-state index >= 15 is 0 Å². The molecule has 0 aromatic heterocycles. The molecule has 2 aromatic carbocycles. The molecule has 0 saturated carbocycles. The maximum Gasteiger partial charge on any atom is 0.194 e. The number of ether oxygens (including phenoxy) is 1. The number of rotatable bonds is 9. The van der Waals surface area contributed by atoms with Gasteiger partial charge in [0.25, 0.3) is 0 Å². The van der Waals surface area contributed by atoms with E-state index in [-0.39, 0.29) is 29.8 Å². The van der Waals surface area contributed by atoms with E-state index in [1.165, 1.54) is 6.07 Å². The summed E-state index contributed by atoms with van der Waals surface area (Å²) in [6.07, 6.45) is 0. The molecule has 0 aliphatic rings. The van der Waals surface area contributed by atoms with Crippen LogP contribution in [0.5, 0.6) is 0 Å². The van der Waals surface area contributed by atoms with Crippen molar-refractivity contribution in [3.8, 4) is 0 Å². The van der Waals surface area contributed by atoms with E-state index in [1.54, 1.807) is 19.2 Å². The molecule has 0 aliphatic carbocycles. The molecule has 5 nitrogen and oxygen atoms in total. The minimum Gasteiger partial charge on any atom is -0.383 e. The fourth-order valence-electron chi connectivity index (χ4n) is 2.65. The van der Waals surface area contributed by atoms with Crippen molar-refractivity contribution < 1.29 is 9.13 Å². The molecule has 0 fully saturated rings. The third-order valence-corrected chi connectivity index (χ3v) is 4.01. The minimum absolute atomic E-state index is 0. The Kier molecular flexibility index (Phi) is 11.5. The van der Waals surface area contributed by atoms with Crippen LogP contribution in [0.3, 0.4) is 0 Å². The molecule has 0 amide bonds. The van der Waals surface area contributed by atoms with E-state index < -0.39 is 0 Å². The molecule has 2 aromatic rings. The molecule has 0 aliphatic heterocycles. The molecule has 0 bridgehead atoms. The Morgan fingerprint density at radius 1 is 1.14 bits per heavy atom. The summed E-state index contributed by atoms with van der Waals surface area (Å²) in [4.78, 5) is 6.70. The number of anilines is 1. The summed E-state index contributed by atoms with van der Waals surface area (Å²) in [5, 5.41) is 6.59. The molecule has 154 valence electrons. The highest BCUT2D eigenvalue weighted by atomic mass is 127. The zero-order chi connectivity index (χ0) is 19.5. The van der Waals surface area contributed by atoms with Gasteiger partial charge in [-0.15, -0.1) is 24.0 Å². The van der Waals surface area contributed by atoms with Crippen molar-refractivity contribution in [3.05, 3.63) is 65.5 Å². The first-order chi connectivity index (χ1) is 13.1. The van der Waals surface area contributed by atoms with Crippen LogP contribution in [0.2, 0.25) is 0 Å². The number of guanidine groups is 1. The quantitative estimate of drug-likeness (QED) is 0.236. The van der Waals surface area contributed by atoms with Crippen molar-refractivity contribution in [1.82, 2.24) is 10.2 Å². The van der Waals surface area contributed by atoms with Gasteiger partial charge in [0.05, 0.1) is 13.2 Å². The normalized spacial score (nSPS) is 10.9. The number of hydrogen-bond donors (Lipinski definition) is 2. The van der Waals surface area contributed by atoms with Gasteiger partial charge >= 0.3 is 0 Å². The molecule has 0 spiro atoms. The zero-order valence-corrected chi connectivity index (χ0v) is 19.1. The van der Waals surface area contributed by atoms with Gasteiger partial charge < -0.3 is 20.3 Å². The molecule has 28 heavy (non-hydrogen) atoms. The van der Waals surface area contributed by atoms with Gasteiger partial charge in [-0.3, -0.25) is 0 Å². The van der Waals surface area contributed by atoms with E-state index in [1.807, 2.05) is 37.1 Å².